The van der Waals surface area contributed by atoms with Gasteiger partial charge >= 0.3 is 11.9 Å². The molecule has 0 bridgehead atoms. The number of halogens is 2. The van der Waals surface area contributed by atoms with Gasteiger partial charge in [0.05, 0.1) is 0 Å². The lowest BCUT2D eigenvalue weighted by Crippen LogP contribution is -2.30. The summed E-state index contributed by atoms with van der Waals surface area (Å²) in [7, 11) is 0. The first-order chi connectivity index (χ1) is 9.00. The lowest BCUT2D eigenvalue weighted by Gasteiger charge is -2.15. The molecule has 0 unspecified atom stereocenters. The smallest absolute Gasteiger partial charge is 0.332 e. The van der Waals surface area contributed by atoms with Gasteiger partial charge in [-0.1, -0.05) is 0 Å². The maximum Gasteiger partial charge on any atom is 0.332 e. The molecular formula is C14H16Cl2O4. The summed E-state index contributed by atoms with van der Waals surface area (Å²) < 4.78 is 10.1. The molecule has 0 aliphatic rings. The van der Waals surface area contributed by atoms with E-state index in [-0.39, 0.29) is 0 Å². The standard InChI is InChI=1S/C14H16Cl2O4/c1-13(2,15)11(17)19-9-5-7-10(8-6-9)20-12(18)14(3,4)16/h5-8H,1-4H3. The van der Waals surface area contributed by atoms with Crippen LogP contribution in [0.1, 0.15) is 27.7 Å². The number of carbonyl (C=O) groups excluding carboxylic acids is 2. The summed E-state index contributed by atoms with van der Waals surface area (Å²) in [6, 6.07) is 6.02. The van der Waals surface area contributed by atoms with E-state index in [4.69, 9.17) is 32.7 Å². The van der Waals surface area contributed by atoms with Crippen molar-refractivity contribution in [2.24, 2.45) is 0 Å². The third-order valence-corrected chi connectivity index (χ3v) is 2.52. The molecule has 4 nitrogen and oxygen atoms in total. The Morgan fingerprint density at radius 1 is 0.800 bits per heavy atom. The summed E-state index contributed by atoms with van der Waals surface area (Å²) in [5, 5.41) is 0. The van der Waals surface area contributed by atoms with Crippen molar-refractivity contribution < 1.29 is 19.1 Å². The number of benzene rings is 1. The van der Waals surface area contributed by atoms with Crippen molar-refractivity contribution in [3.63, 3.8) is 0 Å². The Morgan fingerprint density at radius 2 is 1.05 bits per heavy atom. The van der Waals surface area contributed by atoms with E-state index in [9.17, 15) is 9.59 Å². The Balaban J connectivity index is 2.71. The Labute approximate surface area is 128 Å². The Kier molecular flexibility index (Phi) is 5.05. The predicted octanol–water partition coefficient (Wildman–Crippen LogP) is 3.53. The average molecular weight is 319 g/mol. The molecule has 0 aliphatic carbocycles. The minimum Gasteiger partial charge on any atom is -0.425 e. The molecular weight excluding hydrogens is 303 g/mol. The zero-order chi connectivity index (χ0) is 15.6. The normalized spacial score (nSPS) is 11.9. The first kappa shape index (κ1) is 16.8. The van der Waals surface area contributed by atoms with Crippen LogP contribution in [-0.4, -0.2) is 21.7 Å². The lowest BCUT2D eigenvalue weighted by atomic mass is 10.2. The maximum atomic E-state index is 11.6. The van der Waals surface area contributed by atoms with Crippen LogP contribution in [0.15, 0.2) is 24.3 Å². The number of esters is 2. The fraction of sp³-hybridized carbons (Fsp3) is 0.429. The van der Waals surface area contributed by atoms with Crippen LogP contribution in [0.2, 0.25) is 0 Å². The van der Waals surface area contributed by atoms with Gasteiger partial charge in [-0.05, 0) is 52.0 Å². The van der Waals surface area contributed by atoms with Crippen LogP contribution in [0.5, 0.6) is 11.5 Å². The van der Waals surface area contributed by atoms with Crippen molar-refractivity contribution in [1.29, 1.82) is 0 Å². The third kappa shape index (κ3) is 5.02. The Hall–Kier alpha value is -1.26. The fourth-order valence-corrected chi connectivity index (χ4v) is 1.11. The van der Waals surface area contributed by atoms with E-state index in [2.05, 4.69) is 0 Å². The molecule has 1 rings (SSSR count). The van der Waals surface area contributed by atoms with Gasteiger partial charge < -0.3 is 9.47 Å². The number of hydrogen-bond acceptors (Lipinski definition) is 4. The number of rotatable bonds is 4. The topological polar surface area (TPSA) is 52.6 Å². The molecule has 1 aromatic carbocycles. The van der Waals surface area contributed by atoms with Crippen molar-refractivity contribution in [1.82, 2.24) is 0 Å². The quantitative estimate of drug-likeness (QED) is 0.484. The van der Waals surface area contributed by atoms with Gasteiger partial charge in [-0.2, -0.15) is 0 Å². The second-order valence-electron chi connectivity index (χ2n) is 5.20. The SMILES string of the molecule is CC(C)(Cl)C(=O)Oc1ccc(OC(=O)C(C)(C)Cl)cc1. The molecule has 1 aromatic rings. The summed E-state index contributed by atoms with van der Waals surface area (Å²) in [4.78, 5) is 20.9. The number of alkyl halides is 2. The highest BCUT2D eigenvalue weighted by Gasteiger charge is 2.28. The summed E-state index contributed by atoms with van der Waals surface area (Å²) in [6.45, 7) is 6.15. The minimum atomic E-state index is -1.10. The molecule has 0 radical (unpaired) electrons. The van der Waals surface area contributed by atoms with Crippen LogP contribution in [0.3, 0.4) is 0 Å². The number of hydrogen-bond donors (Lipinski definition) is 0. The van der Waals surface area contributed by atoms with Crippen molar-refractivity contribution in [3.05, 3.63) is 24.3 Å². The molecule has 0 saturated heterocycles. The summed E-state index contributed by atoms with van der Waals surface area (Å²) in [5.41, 5.74) is 0. The zero-order valence-electron chi connectivity index (χ0n) is 11.7. The van der Waals surface area contributed by atoms with Gasteiger partial charge in [0.2, 0.25) is 0 Å². The van der Waals surface area contributed by atoms with Gasteiger partial charge in [-0.15, -0.1) is 23.2 Å². The summed E-state index contributed by atoms with van der Waals surface area (Å²) >= 11 is 11.7. The van der Waals surface area contributed by atoms with E-state index in [1.54, 1.807) is 0 Å². The molecule has 20 heavy (non-hydrogen) atoms. The Morgan fingerprint density at radius 3 is 1.25 bits per heavy atom. The van der Waals surface area contributed by atoms with E-state index >= 15 is 0 Å². The van der Waals surface area contributed by atoms with Crippen molar-refractivity contribution in [2.75, 3.05) is 0 Å². The molecule has 0 N–H and O–H groups in total. The van der Waals surface area contributed by atoms with Gasteiger partial charge in [-0.25, -0.2) is 9.59 Å². The highest BCUT2D eigenvalue weighted by atomic mass is 35.5. The van der Waals surface area contributed by atoms with Crippen molar-refractivity contribution >= 4 is 35.1 Å². The molecule has 0 saturated carbocycles. The first-order valence-corrected chi connectivity index (χ1v) is 6.68. The van der Waals surface area contributed by atoms with Crippen molar-refractivity contribution in [2.45, 2.75) is 37.4 Å². The van der Waals surface area contributed by atoms with Crippen LogP contribution in [0.25, 0.3) is 0 Å². The van der Waals surface area contributed by atoms with Gasteiger partial charge in [0.25, 0.3) is 0 Å². The number of ether oxygens (including phenoxy) is 2. The van der Waals surface area contributed by atoms with E-state index in [0.717, 1.165) is 0 Å². The van der Waals surface area contributed by atoms with Crippen LogP contribution in [0, 0.1) is 0 Å². The molecule has 0 amide bonds. The van der Waals surface area contributed by atoms with Crippen LogP contribution < -0.4 is 9.47 Å². The molecule has 0 fully saturated rings. The second-order valence-corrected chi connectivity index (χ2v) is 7.09. The van der Waals surface area contributed by atoms with Gasteiger partial charge in [-0.3, -0.25) is 0 Å². The van der Waals surface area contributed by atoms with E-state index in [0.29, 0.717) is 11.5 Å². The highest BCUT2D eigenvalue weighted by Crippen LogP contribution is 2.23. The molecule has 0 aliphatic heterocycles. The van der Waals surface area contributed by atoms with Crippen LogP contribution >= 0.6 is 23.2 Å². The average Bonchev–Trinajstić information content (AvgIpc) is 2.29. The largest absolute Gasteiger partial charge is 0.425 e. The lowest BCUT2D eigenvalue weighted by molar-refractivity contribution is -0.137. The van der Waals surface area contributed by atoms with Gasteiger partial charge in [0.1, 0.15) is 21.2 Å². The van der Waals surface area contributed by atoms with E-state index in [1.165, 1.54) is 52.0 Å². The summed E-state index contributed by atoms with van der Waals surface area (Å²) in [6.07, 6.45) is 0. The first-order valence-electron chi connectivity index (χ1n) is 5.92. The Bertz CT molecular complexity index is 448. The van der Waals surface area contributed by atoms with Crippen molar-refractivity contribution in [3.8, 4) is 11.5 Å². The predicted molar refractivity (Wildman–Crippen MR) is 77.6 cm³/mol. The molecule has 6 heteroatoms. The van der Waals surface area contributed by atoms with Crippen LogP contribution in [-0.2, 0) is 9.59 Å². The van der Waals surface area contributed by atoms with E-state index < -0.39 is 21.7 Å². The summed E-state index contributed by atoms with van der Waals surface area (Å²) in [5.74, 6) is -0.501. The van der Waals surface area contributed by atoms with Gasteiger partial charge in [0.15, 0.2) is 0 Å². The second kappa shape index (κ2) is 6.02. The number of carbonyl (C=O) groups is 2. The minimum absolute atomic E-state index is 0.314. The molecule has 0 heterocycles. The van der Waals surface area contributed by atoms with E-state index in [1.807, 2.05) is 0 Å². The molecule has 0 atom stereocenters. The van der Waals surface area contributed by atoms with Gasteiger partial charge in [0, 0.05) is 0 Å². The van der Waals surface area contributed by atoms with Crippen LogP contribution in [0.4, 0.5) is 0 Å². The zero-order valence-corrected chi connectivity index (χ0v) is 13.2. The maximum absolute atomic E-state index is 11.6. The third-order valence-electron chi connectivity index (χ3n) is 2.22. The monoisotopic (exact) mass is 318 g/mol. The molecule has 0 aromatic heterocycles. The highest BCUT2D eigenvalue weighted by molar-refractivity contribution is 6.33. The molecule has 0 spiro atoms. The molecule has 110 valence electrons. The fourth-order valence-electron chi connectivity index (χ4n) is 1.03.